The lowest BCUT2D eigenvalue weighted by atomic mass is 9.72. The maximum atomic E-state index is 10.6. The summed E-state index contributed by atoms with van der Waals surface area (Å²) >= 11 is 0. The van der Waals surface area contributed by atoms with Gasteiger partial charge in [-0.1, -0.05) is 20.3 Å². The summed E-state index contributed by atoms with van der Waals surface area (Å²) in [7, 11) is 0. The lowest BCUT2D eigenvalue weighted by Gasteiger charge is -2.47. The third-order valence-electron chi connectivity index (χ3n) is 5.03. The quantitative estimate of drug-likeness (QED) is 0.757. The van der Waals surface area contributed by atoms with Crippen molar-refractivity contribution in [1.29, 1.82) is 0 Å². The van der Waals surface area contributed by atoms with Crippen molar-refractivity contribution in [3.8, 4) is 0 Å². The zero-order chi connectivity index (χ0) is 12.0. The molecule has 1 N–H and O–H groups in total. The van der Waals surface area contributed by atoms with E-state index in [1.54, 1.807) is 0 Å². The Morgan fingerprint density at radius 2 is 1.76 bits per heavy atom. The molecule has 17 heavy (non-hydrogen) atoms. The van der Waals surface area contributed by atoms with Crippen molar-refractivity contribution in [2.75, 3.05) is 13.1 Å². The molecule has 0 radical (unpaired) electrons. The predicted molar refractivity (Wildman–Crippen MR) is 66.9 cm³/mol. The van der Waals surface area contributed by atoms with Crippen LogP contribution in [0.4, 0.5) is 0 Å². The van der Waals surface area contributed by atoms with Gasteiger partial charge in [0.25, 0.3) is 0 Å². The molecule has 0 aromatic heterocycles. The molecule has 1 aliphatic carbocycles. The van der Waals surface area contributed by atoms with Crippen molar-refractivity contribution in [1.82, 2.24) is 4.90 Å². The smallest absolute Gasteiger partial charge is 0.0746 e. The van der Waals surface area contributed by atoms with Gasteiger partial charge >= 0.3 is 0 Å². The van der Waals surface area contributed by atoms with Gasteiger partial charge in [0, 0.05) is 19.1 Å². The lowest BCUT2D eigenvalue weighted by molar-refractivity contribution is -0.108. The molecule has 4 unspecified atom stereocenters. The Morgan fingerprint density at radius 1 is 1.12 bits per heavy atom. The van der Waals surface area contributed by atoms with Crippen molar-refractivity contribution in [3.05, 3.63) is 0 Å². The first-order valence-electron chi connectivity index (χ1n) is 7.14. The van der Waals surface area contributed by atoms with Crippen LogP contribution in [-0.4, -0.2) is 47.4 Å². The first-order valence-corrected chi connectivity index (χ1v) is 7.14. The standard InChI is InChI=1S/C14H25NO2/c1-14(2)7-3-4-12(13(14)16)15-8-10-5-6-11(9-15)17-10/h10-13,16H,3-9H2,1-2H3. The predicted octanol–water partition coefficient (Wildman–Crippen LogP) is 1.79. The van der Waals surface area contributed by atoms with Gasteiger partial charge in [0.05, 0.1) is 18.3 Å². The molecule has 2 heterocycles. The monoisotopic (exact) mass is 239 g/mol. The van der Waals surface area contributed by atoms with Crippen molar-refractivity contribution in [3.63, 3.8) is 0 Å². The minimum atomic E-state index is -0.172. The largest absolute Gasteiger partial charge is 0.391 e. The fraction of sp³-hybridized carbons (Fsp3) is 1.00. The number of likely N-dealkylation sites (tertiary alicyclic amines) is 1. The van der Waals surface area contributed by atoms with Crippen LogP contribution in [0, 0.1) is 5.41 Å². The minimum Gasteiger partial charge on any atom is -0.391 e. The number of ether oxygens (including phenoxy) is 1. The number of morpholine rings is 1. The van der Waals surface area contributed by atoms with Crippen molar-refractivity contribution in [2.24, 2.45) is 5.41 Å². The molecule has 3 nitrogen and oxygen atoms in total. The fourth-order valence-electron chi connectivity index (χ4n) is 3.89. The Hall–Kier alpha value is -0.120. The van der Waals surface area contributed by atoms with Gasteiger partial charge in [0.1, 0.15) is 0 Å². The molecular weight excluding hydrogens is 214 g/mol. The summed E-state index contributed by atoms with van der Waals surface area (Å²) in [6.07, 6.45) is 6.69. The number of aliphatic hydroxyl groups is 1. The number of hydrogen-bond donors (Lipinski definition) is 1. The van der Waals surface area contributed by atoms with E-state index >= 15 is 0 Å². The maximum absolute atomic E-state index is 10.6. The van der Waals surface area contributed by atoms with Crippen molar-refractivity contribution >= 4 is 0 Å². The number of hydrogen-bond acceptors (Lipinski definition) is 3. The molecule has 98 valence electrons. The molecule has 3 fully saturated rings. The molecule has 3 aliphatic rings. The van der Waals surface area contributed by atoms with Gasteiger partial charge in [-0.25, -0.2) is 0 Å². The van der Waals surface area contributed by atoms with Crippen LogP contribution < -0.4 is 0 Å². The highest BCUT2D eigenvalue weighted by Crippen LogP contribution is 2.39. The molecule has 2 saturated heterocycles. The fourth-order valence-corrected chi connectivity index (χ4v) is 3.89. The SMILES string of the molecule is CC1(C)CCCC(N2CC3CCC(C2)O3)C1O. The van der Waals surface area contributed by atoms with Gasteiger partial charge < -0.3 is 9.84 Å². The second-order valence-electron chi connectivity index (χ2n) is 6.80. The third kappa shape index (κ3) is 2.13. The van der Waals surface area contributed by atoms with Gasteiger partial charge in [-0.3, -0.25) is 4.90 Å². The highest BCUT2D eigenvalue weighted by atomic mass is 16.5. The van der Waals surface area contributed by atoms with Crippen LogP contribution in [0.3, 0.4) is 0 Å². The summed E-state index contributed by atoms with van der Waals surface area (Å²) in [6, 6.07) is 0.366. The van der Waals surface area contributed by atoms with Crippen LogP contribution in [0.15, 0.2) is 0 Å². The van der Waals surface area contributed by atoms with Crippen molar-refractivity contribution in [2.45, 2.75) is 70.3 Å². The van der Waals surface area contributed by atoms with Crippen LogP contribution in [0.1, 0.15) is 46.0 Å². The van der Waals surface area contributed by atoms with Crippen LogP contribution in [0.2, 0.25) is 0 Å². The molecule has 1 saturated carbocycles. The molecule has 2 aliphatic heterocycles. The number of aliphatic hydroxyl groups excluding tert-OH is 1. The Labute approximate surface area is 104 Å². The molecule has 0 spiro atoms. The van der Waals surface area contributed by atoms with E-state index in [-0.39, 0.29) is 11.5 Å². The second-order valence-corrected chi connectivity index (χ2v) is 6.80. The van der Waals surface area contributed by atoms with E-state index in [0.717, 1.165) is 25.9 Å². The topological polar surface area (TPSA) is 32.7 Å². The van der Waals surface area contributed by atoms with Gasteiger partial charge in [0.15, 0.2) is 0 Å². The van der Waals surface area contributed by atoms with Crippen LogP contribution in [0.25, 0.3) is 0 Å². The third-order valence-corrected chi connectivity index (χ3v) is 5.03. The van der Waals surface area contributed by atoms with E-state index in [1.165, 1.54) is 19.3 Å². The van der Waals surface area contributed by atoms with E-state index in [1.807, 2.05) is 0 Å². The van der Waals surface area contributed by atoms with Crippen LogP contribution in [-0.2, 0) is 4.74 Å². The average Bonchev–Trinajstić information content (AvgIpc) is 2.62. The van der Waals surface area contributed by atoms with Gasteiger partial charge in [-0.2, -0.15) is 0 Å². The molecule has 0 aromatic carbocycles. The molecule has 3 rings (SSSR count). The van der Waals surface area contributed by atoms with E-state index in [2.05, 4.69) is 18.7 Å². The summed E-state index contributed by atoms with van der Waals surface area (Å²) < 4.78 is 5.88. The average molecular weight is 239 g/mol. The number of fused-ring (bicyclic) bond motifs is 2. The van der Waals surface area contributed by atoms with E-state index in [9.17, 15) is 5.11 Å². The van der Waals surface area contributed by atoms with Gasteiger partial charge in [-0.15, -0.1) is 0 Å². The zero-order valence-corrected chi connectivity index (χ0v) is 11.1. The molecule has 3 heteroatoms. The second kappa shape index (κ2) is 4.22. The summed E-state index contributed by atoms with van der Waals surface area (Å²) in [5.74, 6) is 0. The Morgan fingerprint density at radius 3 is 2.41 bits per heavy atom. The maximum Gasteiger partial charge on any atom is 0.0746 e. The Balaban J connectivity index is 1.71. The van der Waals surface area contributed by atoms with Crippen LogP contribution in [0.5, 0.6) is 0 Å². The van der Waals surface area contributed by atoms with Crippen molar-refractivity contribution < 1.29 is 9.84 Å². The molecular formula is C14H25NO2. The molecule has 0 aromatic rings. The zero-order valence-electron chi connectivity index (χ0n) is 11.1. The summed E-state index contributed by atoms with van der Waals surface area (Å²) in [6.45, 7) is 6.49. The highest BCUT2D eigenvalue weighted by molar-refractivity contribution is 4.97. The first-order chi connectivity index (χ1) is 8.06. The van der Waals surface area contributed by atoms with Crippen LogP contribution >= 0.6 is 0 Å². The summed E-state index contributed by atoms with van der Waals surface area (Å²) in [4.78, 5) is 2.51. The summed E-state index contributed by atoms with van der Waals surface area (Å²) in [5, 5.41) is 10.6. The van der Waals surface area contributed by atoms with E-state index in [0.29, 0.717) is 18.2 Å². The minimum absolute atomic E-state index is 0.0836. The van der Waals surface area contributed by atoms with Gasteiger partial charge in [0.2, 0.25) is 0 Å². The van der Waals surface area contributed by atoms with E-state index in [4.69, 9.17) is 4.74 Å². The molecule has 0 amide bonds. The summed E-state index contributed by atoms with van der Waals surface area (Å²) in [5.41, 5.74) is 0.0836. The highest BCUT2D eigenvalue weighted by Gasteiger charge is 2.44. The molecule has 2 bridgehead atoms. The first kappa shape index (κ1) is 11.9. The number of nitrogens with zero attached hydrogens (tertiary/aromatic N) is 1. The molecule has 4 atom stereocenters. The Bertz CT molecular complexity index is 280. The lowest BCUT2D eigenvalue weighted by Crippen LogP contribution is -2.57. The Kier molecular flexibility index (Phi) is 2.96. The van der Waals surface area contributed by atoms with E-state index < -0.39 is 0 Å². The van der Waals surface area contributed by atoms with Gasteiger partial charge in [-0.05, 0) is 31.1 Å². The normalized spacial score (nSPS) is 46.1. The number of rotatable bonds is 1.